The Balaban J connectivity index is 1.59. The first kappa shape index (κ1) is 22.4. The number of morpholine rings is 1. The molecule has 0 N–H and O–H groups in total. The minimum absolute atomic E-state index is 0.000552. The lowest BCUT2D eigenvalue weighted by molar-refractivity contribution is -0.140. The van der Waals surface area contributed by atoms with Crippen molar-refractivity contribution in [2.24, 2.45) is 0 Å². The van der Waals surface area contributed by atoms with Crippen molar-refractivity contribution in [2.45, 2.75) is 31.8 Å². The maximum Gasteiger partial charge on any atom is 0.433 e. The van der Waals surface area contributed by atoms with Crippen molar-refractivity contribution in [2.75, 3.05) is 31.3 Å². The molecule has 4 aromatic heterocycles. The van der Waals surface area contributed by atoms with Crippen LogP contribution in [0.15, 0.2) is 36.7 Å². The fourth-order valence-electron chi connectivity index (χ4n) is 4.49. The maximum atomic E-state index is 13.9. The van der Waals surface area contributed by atoms with E-state index in [1.54, 1.807) is 16.9 Å². The highest BCUT2D eigenvalue weighted by atomic mass is 32.1. The molecule has 0 aliphatic carbocycles. The van der Waals surface area contributed by atoms with Crippen molar-refractivity contribution in [1.29, 1.82) is 0 Å². The number of anilines is 1. The molecular weight excluding hydrogens is 481 g/mol. The first-order valence-electron chi connectivity index (χ1n) is 11.2. The van der Waals surface area contributed by atoms with Crippen molar-refractivity contribution in [3.63, 3.8) is 0 Å². The highest BCUT2D eigenvalue weighted by Gasteiger charge is 2.37. The van der Waals surface area contributed by atoms with Crippen LogP contribution in [-0.4, -0.2) is 56.5 Å². The van der Waals surface area contributed by atoms with Gasteiger partial charge < -0.3 is 14.4 Å². The Labute approximate surface area is 202 Å². The smallest absolute Gasteiger partial charge is 0.377 e. The molecule has 35 heavy (non-hydrogen) atoms. The zero-order chi connectivity index (χ0) is 24.2. The van der Waals surface area contributed by atoms with Gasteiger partial charge in [0.2, 0.25) is 0 Å². The lowest BCUT2D eigenvalue weighted by Gasteiger charge is -2.34. The molecule has 1 unspecified atom stereocenters. The van der Waals surface area contributed by atoms with Gasteiger partial charge in [-0.3, -0.25) is 4.98 Å². The van der Waals surface area contributed by atoms with E-state index in [4.69, 9.17) is 14.5 Å². The van der Waals surface area contributed by atoms with Crippen LogP contribution in [-0.2, 0) is 15.7 Å². The van der Waals surface area contributed by atoms with E-state index in [0.29, 0.717) is 59.4 Å². The van der Waals surface area contributed by atoms with Gasteiger partial charge in [0, 0.05) is 36.5 Å². The van der Waals surface area contributed by atoms with Crippen LogP contribution in [0.25, 0.3) is 32.7 Å². The second-order valence-corrected chi connectivity index (χ2v) is 9.30. The molecule has 0 radical (unpaired) electrons. The van der Waals surface area contributed by atoms with Gasteiger partial charge in [0.05, 0.1) is 36.3 Å². The predicted octanol–water partition coefficient (Wildman–Crippen LogP) is 4.78. The Kier molecular flexibility index (Phi) is 5.46. The van der Waals surface area contributed by atoms with Crippen molar-refractivity contribution >= 4 is 27.6 Å². The predicted molar refractivity (Wildman–Crippen MR) is 124 cm³/mol. The Bertz CT molecular complexity index is 1380. The van der Waals surface area contributed by atoms with Crippen LogP contribution in [0.5, 0.6) is 0 Å². The molecule has 182 valence electrons. The SMILES string of the molecule is C[C@@H]1COCCN1c1cc(-c2cccnc2C(F)(F)F)c2snc(-c3ccnn3C3CCO3)c2n1. The fraction of sp³-hybridized carbons (Fsp3) is 0.391. The molecule has 0 amide bonds. The Morgan fingerprint density at radius 3 is 2.74 bits per heavy atom. The maximum absolute atomic E-state index is 13.9. The molecular formula is C23H21F3N6O2S. The van der Waals surface area contributed by atoms with E-state index >= 15 is 0 Å². The average molecular weight is 503 g/mol. The molecule has 2 saturated heterocycles. The molecule has 2 aliphatic rings. The average Bonchev–Trinajstić information content (AvgIpc) is 3.44. The number of alkyl halides is 3. The van der Waals surface area contributed by atoms with Gasteiger partial charge in [-0.25, -0.2) is 9.67 Å². The van der Waals surface area contributed by atoms with E-state index in [2.05, 4.69) is 19.4 Å². The molecule has 6 heterocycles. The van der Waals surface area contributed by atoms with Crippen molar-refractivity contribution in [1.82, 2.24) is 24.1 Å². The number of rotatable bonds is 4. The Morgan fingerprint density at radius 1 is 1.14 bits per heavy atom. The normalized spacial score (nSPS) is 20.9. The Morgan fingerprint density at radius 2 is 2.00 bits per heavy atom. The molecule has 6 rings (SSSR count). The molecule has 0 saturated carbocycles. The summed E-state index contributed by atoms with van der Waals surface area (Å²) in [5, 5.41) is 4.40. The third kappa shape index (κ3) is 3.85. The van der Waals surface area contributed by atoms with Crippen LogP contribution >= 0.6 is 11.5 Å². The first-order chi connectivity index (χ1) is 16.9. The van der Waals surface area contributed by atoms with E-state index in [1.165, 1.54) is 12.1 Å². The number of fused-ring (bicyclic) bond motifs is 1. The molecule has 4 aromatic rings. The number of hydrogen-bond acceptors (Lipinski definition) is 8. The summed E-state index contributed by atoms with van der Waals surface area (Å²) >= 11 is 1.12. The lowest BCUT2D eigenvalue weighted by Crippen LogP contribution is -2.44. The summed E-state index contributed by atoms with van der Waals surface area (Å²) in [6, 6.07) is 6.51. The summed E-state index contributed by atoms with van der Waals surface area (Å²) in [5.41, 5.74) is 1.28. The first-order valence-corrected chi connectivity index (χ1v) is 12.0. The zero-order valence-corrected chi connectivity index (χ0v) is 19.5. The quantitative estimate of drug-likeness (QED) is 0.398. The van der Waals surface area contributed by atoms with Crippen molar-refractivity contribution < 1.29 is 22.6 Å². The van der Waals surface area contributed by atoms with E-state index in [0.717, 1.165) is 24.2 Å². The topological polar surface area (TPSA) is 78.2 Å². The lowest BCUT2D eigenvalue weighted by atomic mass is 10.0. The summed E-state index contributed by atoms with van der Waals surface area (Å²) in [6.07, 6.45) is -1.14. The van der Waals surface area contributed by atoms with Gasteiger partial charge in [-0.05, 0) is 36.7 Å². The van der Waals surface area contributed by atoms with Gasteiger partial charge in [0.1, 0.15) is 17.0 Å². The molecule has 12 heteroatoms. The van der Waals surface area contributed by atoms with Crippen molar-refractivity contribution in [3.8, 4) is 22.5 Å². The van der Waals surface area contributed by atoms with Gasteiger partial charge in [0.25, 0.3) is 0 Å². The number of ether oxygens (including phenoxy) is 2. The second kappa shape index (κ2) is 8.54. The zero-order valence-electron chi connectivity index (χ0n) is 18.7. The van der Waals surface area contributed by atoms with Crippen LogP contribution < -0.4 is 4.90 Å². The Hall–Kier alpha value is -3.09. The summed E-state index contributed by atoms with van der Waals surface area (Å²) in [7, 11) is 0. The molecule has 8 nitrogen and oxygen atoms in total. The number of pyridine rings is 2. The fourth-order valence-corrected chi connectivity index (χ4v) is 5.34. The highest BCUT2D eigenvalue weighted by Crippen LogP contribution is 2.43. The van der Waals surface area contributed by atoms with Gasteiger partial charge in [-0.15, -0.1) is 0 Å². The minimum atomic E-state index is -4.60. The third-order valence-electron chi connectivity index (χ3n) is 6.30. The van der Waals surface area contributed by atoms with Crippen LogP contribution in [0.4, 0.5) is 19.0 Å². The number of hydrogen-bond donors (Lipinski definition) is 0. The molecule has 2 fully saturated rings. The van der Waals surface area contributed by atoms with E-state index in [9.17, 15) is 13.2 Å². The van der Waals surface area contributed by atoms with E-state index < -0.39 is 11.9 Å². The summed E-state index contributed by atoms with van der Waals surface area (Å²) < 4.78 is 59.9. The van der Waals surface area contributed by atoms with Gasteiger partial charge in [-0.1, -0.05) is 6.07 Å². The number of aromatic nitrogens is 5. The molecule has 2 atom stereocenters. The largest absolute Gasteiger partial charge is 0.433 e. The second-order valence-electron chi connectivity index (χ2n) is 8.53. The summed E-state index contributed by atoms with van der Waals surface area (Å²) in [6.45, 7) is 4.27. The summed E-state index contributed by atoms with van der Waals surface area (Å²) in [4.78, 5) is 10.7. The van der Waals surface area contributed by atoms with Gasteiger partial charge >= 0.3 is 6.18 Å². The monoisotopic (exact) mass is 502 g/mol. The minimum Gasteiger partial charge on any atom is -0.377 e. The molecule has 2 aliphatic heterocycles. The van der Waals surface area contributed by atoms with E-state index in [-0.39, 0.29) is 17.8 Å². The third-order valence-corrected chi connectivity index (χ3v) is 7.17. The van der Waals surface area contributed by atoms with Crippen LogP contribution in [0.1, 0.15) is 25.3 Å². The molecule has 0 aromatic carbocycles. The van der Waals surface area contributed by atoms with Crippen LogP contribution in [0, 0.1) is 0 Å². The van der Waals surface area contributed by atoms with E-state index in [1.807, 2.05) is 13.0 Å². The van der Waals surface area contributed by atoms with Gasteiger partial charge in [0.15, 0.2) is 11.9 Å². The standard InChI is InChI=1S/C23H21F3N6O2S/c1-13-12-33-10-8-31(13)17-11-15(14-3-2-6-27-22(14)23(24,25)26)21-20(29-17)19(30-35-21)16-4-7-28-32(16)18-5-9-34-18/h2-4,6-7,11,13,18H,5,8-10,12H2,1H3/t13-,18?/m1/s1. The number of nitrogens with zero attached hydrogens (tertiary/aromatic N) is 6. The molecule has 0 spiro atoms. The summed E-state index contributed by atoms with van der Waals surface area (Å²) in [5.74, 6) is 0.577. The van der Waals surface area contributed by atoms with Crippen LogP contribution in [0.2, 0.25) is 0 Å². The molecule has 0 bridgehead atoms. The van der Waals surface area contributed by atoms with Crippen LogP contribution in [0.3, 0.4) is 0 Å². The highest BCUT2D eigenvalue weighted by molar-refractivity contribution is 7.14. The van der Waals surface area contributed by atoms with Gasteiger partial charge in [-0.2, -0.15) is 22.6 Å². The number of halogens is 3. The van der Waals surface area contributed by atoms with Crippen molar-refractivity contribution in [3.05, 3.63) is 42.4 Å².